The maximum atomic E-state index is 12.7. The average Bonchev–Trinajstić information content (AvgIpc) is 3.00. The van der Waals surface area contributed by atoms with Crippen molar-refractivity contribution in [3.63, 3.8) is 0 Å². The van der Waals surface area contributed by atoms with E-state index in [0.717, 1.165) is 29.3 Å². The van der Waals surface area contributed by atoms with Gasteiger partial charge in [0.05, 0.1) is 18.1 Å². The summed E-state index contributed by atoms with van der Waals surface area (Å²) in [5, 5.41) is -0.235. The number of hydrogen-bond acceptors (Lipinski definition) is 5. The van der Waals surface area contributed by atoms with E-state index in [4.69, 9.17) is 9.47 Å². The monoisotopic (exact) mass is 411 g/mol. The zero-order valence-electron chi connectivity index (χ0n) is 16.9. The molecule has 1 saturated heterocycles. The maximum Gasteiger partial charge on any atom is 0.293 e. The molecule has 1 aliphatic rings. The van der Waals surface area contributed by atoms with E-state index in [1.807, 2.05) is 55.5 Å². The summed E-state index contributed by atoms with van der Waals surface area (Å²) in [4.78, 5) is 26.8. The number of carbonyl (C=O) groups excluding carboxylic acids is 2. The summed E-state index contributed by atoms with van der Waals surface area (Å²) in [6, 6.07) is 15.3. The van der Waals surface area contributed by atoms with Crippen LogP contribution in [0.1, 0.15) is 31.4 Å². The van der Waals surface area contributed by atoms with Crippen LogP contribution >= 0.6 is 11.8 Å². The van der Waals surface area contributed by atoms with Gasteiger partial charge in [0.25, 0.3) is 11.1 Å². The van der Waals surface area contributed by atoms with Crippen LogP contribution in [-0.4, -0.2) is 35.8 Å². The molecule has 6 heteroatoms. The minimum absolute atomic E-state index is 0.0795. The second kappa shape index (κ2) is 9.65. The molecule has 1 atom stereocenters. The van der Waals surface area contributed by atoms with Gasteiger partial charge in [0.2, 0.25) is 0 Å². The first-order valence-corrected chi connectivity index (χ1v) is 10.5. The molecule has 2 amide bonds. The zero-order chi connectivity index (χ0) is 20.8. The normalized spacial score (nSPS) is 16.4. The largest absolute Gasteiger partial charge is 0.493 e. The number of ether oxygens (including phenoxy) is 2. The third-order valence-corrected chi connectivity index (χ3v) is 5.64. The molecule has 0 bridgehead atoms. The van der Waals surface area contributed by atoms with Gasteiger partial charge in [0, 0.05) is 6.54 Å². The lowest BCUT2D eigenvalue weighted by Gasteiger charge is -2.15. The van der Waals surface area contributed by atoms with E-state index in [0.29, 0.717) is 29.4 Å². The number of imide groups is 1. The zero-order valence-corrected chi connectivity index (χ0v) is 17.7. The Kier molecular flexibility index (Phi) is 6.99. The topological polar surface area (TPSA) is 55.8 Å². The lowest BCUT2D eigenvalue weighted by Crippen LogP contribution is -2.30. The third-order valence-electron chi connectivity index (χ3n) is 4.73. The molecular weight excluding hydrogens is 386 g/mol. The first-order valence-electron chi connectivity index (χ1n) is 9.65. The second-order valence-electron chi connectivity index (χ2n) is 6.82. The van der Waals surface area contributed by atoms with Gasteiger partial charge < -0.3 is 9.47 Å². The van der Waals surface area contributed by atoms with E-state index in [9.17, 15) is 9.59 Å². The predicted octanol–water partition coefficient (Wildman–Crippen LogP) is 5.15. The Bertz CT molecular complexity index is 910. The Balaban J connectivity index is 1.73. The Morgan fingerprint density at radius 1 is 1.10 bits per heavy atom. The molecule has 2 aromatic carbocycles. The average molecular weight is 412 g/mol. The van der Waals surface area contributed by atoms with Gasteiger partial charge in [-0.1, -0.05) is 43.3 Å². The van der Waals surface area contributed by atoms with Gasteiger partial charge in [0.1, 0.15) is 0 Å². The van der Waals surface area contributed by atoms with Crippen LogP contribution in [-0.2, 0) is 11.2 Å². The number of rotatable bonds is 8. The highest BCUT2D eigenvalue weighted by molar-refractivity contribution is 8.18. The fourth-order valence-electron chi connectivity index (χ4n) is 2.90. The Hall–Kier alpha value is -2.73. The van der Waals surface area contributed by atoms with Crippen molar-refractivity contribution in [3.8, 4) is 11.5 Å². The summed E-state index contributed by atoms with van der Waals surface area (Å²) in [6.07, 6.45) is 3.34. The number of methoxy groups -OCH3 is 1. The molecule has 5 nitrogen and oxygen atoms in total. The summed E-state index contributed by atoms with van der Waals surface area (Å²) in [7, 11) is 1.58. The molecule has 0 aliphatic carbocycles. The van der Waals surface area contributed by atoms with E-state index in [1.165, 1.54) is 4.90 Å². The second-order valence-corrected chi connectivity index (χ2v) is 7.81. The highest BCUT2D eigenvalue weighted by Crippen LogP contribution is 2.35. The van der Waals surface area contributed by atoms with E-state index >= 15 is 0 Å². The summed E-state index contributed by atoms with van der Waals surface area (Å²) in [5.74, 6) is 1.01. The van der Waals surface area contributed by atoms with Crippen LogP contribution in [0.3, 0.4) is 0 Å². The Labute approximate surface area is 175 Å². The Morgan fingerprint density at radius 3 is 2.55 bits per heavy atom. The molecule has 29 heavy (non-hydrogen) atoms. The van der Waals surface area contributed by atoms with Crippen molar-refractivity contribution in [3.05, 3.63) is 64.6 Å². The van der Waals surface area contributed by atoms with Crippen LogP contribution in [0, 0.1) is 0 Å². The number of hydrogen-bond donors (Lipinski definition) is 0. The van der Waals surface area contributed by atoms with Crippen molar-refractivity contribution < 1.29 is 19.1 Å². The first kappa shape index (κ1) is 21.0. The van der Waals surface area contributed by atoms with E-state index in [1.54, 1.807) is 13.2 Å². The van der Waals surface area contributed by atoms with E-state index < -0.39 is 0 Å². The third kappa shape index (κ3) is 5.21. The number of amides is 2. The summed E-state index contributed by atoms with van der Waals surface area (Å²) < 4.78 is 11.3. The van der Waals surface area contributed by atoms with Crippen LogP contribution in [0.2, 0.25) is 0 Å². The molecule has 3 rings (SSSR count). The van der Waals surface area contributed by atoms with Crippen LogP contribution in [0.5, 0.6) is 11.5 Å². The quantitative estimate of drug-likeness (QED) is 0.562. The fraction of sp³-hybridized carbons (Fsp3) is 0.304. The van der Waals surface area contributed by atoms with Gasteiger partial charge in [-0.2, -0.15) is 0 Å². The lowest BCUT2D eigenvalue weighted by molar-refractivity contribution is -0.122. The SMILES string of the molecule is CC[C@@H](C)Oc1ccc(/C=C2\SC(=O)N(CCc3ccccc3)C2=O)cc1OC. The van der Waals surface area contributed by atoms with Gasteiger partial charge in [-0.15, -0.1) is 0 Å². The van der Waals surface area contributed by atoms with Crippen molar-refractivity contribution in [1.82, 2.24) is 4.90 Å². The van der Waals surface area contributed by atoms with E-state index in [-0.39, 0.29) is 17.3 Å². The highest BCUT2D eigenvalue weighted by atomic mass is 32.2. The molecule has 0 aromatic heterocycles. The van der Waals surface area contributed by atoms with Crippen molar-refractivity contribution >= 4 is 29.0 Å². The van der Waals surface area contributed by atoms with Crippen LogP contribution in [0.4, 0.5) is 4.79 Å². The minimum Gasteiger partial charge on any atom is -0.493 e. The van der Waals surface area contributed by atoms with Gasteiger partial charge in [0.15, 0.2) is 11.5 Å². The summed E-state index contributed by atoms with van der Waals surface area (Å²) >= 11 is 0.970. The standard InChI is InChI=1S/C23H25NO4S/c1-4-16(2)28-19-11-10-18(14-20(19)27-3)15-21-22(25)24(23(26)29-21)13-12-17-8-6-5-7-9-17/h5-11,14-16H,4,12-13H2,1-3H3/b21-15-/t16-/m1/s1. The maximum absolute atomic E-state index is 12.7. The number of thioether (sulfide) groups is 1. The number of nitrogens with zero attached hydrogens (tertiary/aromatic N) is 1. The van der Waals surface area contributed by atoms with Crippen molar-refractivity contribution in [2.75, 3.05) is 13.7 Å². The van der Waals surface area contributed by atoms with Crippen molar-refractivity contribution in [1.29, 1.82) is 0 Å². The highest BCUT2D eigenvalue weighted by Gasteiger charge is 2.34. The summed E-state index contributed by atoms with van der Waals surface area (Å²) in [5.41, 5.74) is 1.88. The predicted molar refractivity (Wildman–Crippen MR) is 116 cm³/mol. The van der Waals surface area contributed by atoms with Crippen molar-refractivity contribution in [2.24, 2.45) is 0 Å². The summed E-state index contributed by atoms with van der Waals surface area (Å²) in [6.45, 7) is 4.43. The molecule has 1 fully saturated rings. The number of carbonyl (C=O) groups is 2. The van der Waals surface area contributed by atoms with Crippen molar-refractivity contribution in [2.45, 2.75) is 32.8 Å². The first-order chi connectivity index (χ1) is 14.0. The fourth-order valence-corrected chi connectivity index (χ4v) is 3.77. The van der Waals surface area contributed by atoms with Crippen LogP contribution < -0.4 is 9.47 Å². The molecule has 1 aliphatic heterocycles. The van der Waals surface area contributed by atoms with Gasteiger partial charge >= 0.3 is 0 Å². The van der Waals surface area contributed by atoms with Gasteiger partial charge in [-0.3, -0.25) is 14.5 Å². The molecule has 0 unspecified atom stereocenters. The van der Waals surface area contributed by atoms with Gasteiger partial charge in [-0.05, 0) is 60.9 Å². The van der Waals surface area contributed by atoms with Crippen LogP contribution in [0.15, 0.2) is 53.4 Å². The number of benzene rings is 2. The molecular formula is C23H25NO4S. The molecule has 0 N–H and O–H groups in total. The Morgan fingerprint density at radius 2 is 1.86 bits per heavy atom. The molecule has 0 spiro atoms. The van der Waals surface area contributed by atoms with E-state index in [2.05, 4.69) is 6.92 Å². The minimum atomic E-state index is -0.255. The molecule has 2 aromatic rings. The smallest absolute Gasteiger partial charge is 0.293 e. The molecule has 0 saturated carbocycles. The molecule has 0 radical (unpaired) electrons. The lowest BCUT2D eigenvalue weighted by atomic mass is 10.1. The molecule has 1 heterocycles. The van der Waals surface area contributed by atoms with Crippen LogP contribution in [0.25, 0.3) is 6.08 Å². The van der Waals surface area contributed by atoms with Gasteiger partial charge in [-0.25, -0.2) is 0 Å². The molecule has 152 valence electrons.